The number of halogens is 2. The van der Waals surface area contributed by atoms with E-state index in [1.165, 1.54) is 4.57 Å². The highest BCUT2D eigenvalue weighted by atomic mass is 35.5. The molecule has 0 amide bonds. The summed E-state index contributed by atoms with van der Waals surface area (Å²) >= 11 is 11.5. The maximum atomic E-state index is 12.9. The number of nitriles is 1. The average molecular weight is 470 g/mol. The largest absolute Gasteiger partial charge is 0.368 e. The SMILES string of the molecule is Cc1cc([ClH+])cnc1N1CC[C@@H]2CN(c3c(C#N)c(=O)n(C)c4ccc(Cl)nc34)CC[C@@H]21. The number of aryl methyl sites for hydroxylation is 2. The second-order valence-electron chi connectivity index (χ2n) is 8.56. The lowest BCUT2D eigenvalue weighted by Gasteiger charge is -2.40. The van der Waals surface area contributed by atoms with Crippen molar-refractivity contribution in [1.29, 1.82) is 5.26 Å². The van der Waals surface area contributed by atoms with E-state index in [4.69, 9.17) is 23.2 Å². The van der Waals surface area contributed by atoms with Crippen LogP contribution in [0.2, 0.25) is 10.2 Å². The molecule has 0 N–H and O–H groups in total. The Labute approximate surface area is 195 Å². The summed E-state index contributed by atoms with van der Waals surface area (Å²) in [5.41, 5.74) is 2.80. The Balaban J connectivity index is 1.52. The molecular weight excluding hydrogens is 447 g/mol. The first-order valence-corrected chi connectivity index (χ1v) is 11.4. The van der Waals surface area contributed by atoms with E-state index in [-0.39, 0.29) is 11.1 Å². The van der Waals surface area contributed by atoms with Crippen LogP contribution < -0.4 is 15.4 Å². The van der Waals surface area contributed by atoms with E-state index in [1.54, 1.807) is 25.4 Å². The van der Waals surface area contributed by atoms with Gasteiger partial charge in [0.15, 0.2) is 11.6 Å². The molecule has 7 nitrogen and oxygen atoms in total. The van der Waals surface area contributed by atoms with E-state index in [1.807, 2.05) is 6.07 Å². The molecule has 2 aliphatic heterocycles. The van der Waals surface area contributed by atoms with Gasteiger partial charge in [-0.15, -0.1) is 0 Å². The van der Waals surface area contributed by atoms with Gasteiger partial charge in [0.1, 0.15) is 28.1 Å². The zero-order chi connectivity index (χ0) is 22.6. The van der Waals surface area contributed by atoms with Crippen LogP contribution in [0, 0.1) is 35.8 Å². The van der Waals surface area contributed by atoms with Gasteiger partial charge < -0.3 is 14.4 Å². The van der Waals surface area contributed by atoms with Crippen LogP contribution >= 0.6 is 11.6 Å². The van der Waals surface area contributed by atoms with Crippen molar-refractivity contribution in [3.63, 3.8) is 0 Å². The number of pyridine rings is 3. The zero-order valence-corrected chi connectivity index (χ0v) is 19.4. The van der Waals surface area contributed by atoms with Crippen molar-refractivity contribution >= 4 is 34.1 Å². The van der Waals surface area contributed by atoms with Gasteiger partial charge in [0.25, 0.3) is 5.56 Å². The number of aromatic nitrogens is 3. The fourth-order valence-electron chi connectivity index (χ4n) is 5.27. The van der Waals surface area contributed by atoms with Gasteiger partial charge in [0, 0.05) is 38.8 Å². The summed E-state index contributed by atoms with van der Waals surface area (Å²) in [6.45, 7) is 4.47. The number of rotatable bonds is 2. The van der Waals surface area contributed by atoms with Gasteiger partial charge in [-0.05, 0) is 43.4 Å². The van der Waals surface area contributed by atoms with Crippen LogP contribution in [0.25, 0.3) is 11.0 Å². The zero-order valence-electron chi connectivity index (χ0n) is 17.9. The first-order valence-electron chi connectivity index (χ1n) is 10.6. The van der Waals surface area contributed by atoms with Gasteiger partial charge in [0.05, 0.1) is 17.4 Å². The summed E-state index contributed by atoms with van der Waals surface area (Å²) in [5.74, 6) is 1.41. The molecule has 0 saturated carbocycles. The molecule has 3 aromatic heterocycles. The maximum Gasteiger partial charge on any atom is 0.270 e. The molecule has 0 bridgehead atoms. The Morgan fingerprint density at radius 2 is 2.09 bits per heavy atom. The Morgan fingerprint density at radius 1 is 1.28 bits per heavy atom. The number of hydrogen-bond acceptors (Lipinski definition) is 6. The molecule has 32 heavy (non-hydrogen) atoms. The second kappa shape index (κ2) is 7.95. The average Bonchev–Trinajstić information content (AvgIpc) is 3.19. The minimum absolute atomic E-state index is 0.126. The molecule has 2 aliphatic rings. The number of anilines is 2. The Morgan fingerprint density at radius 3 is 2.84 bits per heavy atom. The number of piperidine rings is 1. The fraction of sp³-hybridized carbons (Fsp3) is 0.391. The van der Waals surface area contributed by atoms with E-state index < -0.39 is 0 Å². The van der Waals surface area contributed by atoms with Gasteiger partial charge in [-0.2, -0.15) is 5.26 Å². The third-order valence-electron chi connectivity index (χ3n) is 6.74. The van der Waals surface area contributed by atoms with Crippen molar-refractivity contribution in [3.05, 3.63) is 56.1 Å². The monoisotopic (exact) mass is 469 g/mol. The van der Waals surface area contributed by atoms with Crippen molar-refractivity contribution in [1.82, 2.24) is 14.5 Å². The van der Waals surface area contributed by atoms with Crippen molar-refractivity contribution in [2.75, 3.05) is 29.4 Å². The van der Waals surface area contributed by atoms with Crippen LogP contribution in [0.1, 0.15) is 24.0 Å². The van der Waals surface area contributed by atoms with Crippen molar-refractivity contribution in [3.8, 4) is 6.07 Å². The highest BCUT2D eigenvalue weighted by Gasteiger charge is 2.40. The first kappa shape index (κ1) is 21.0. The molecule has 5 rings (SSSR count). The molecule has 0 aliphatic carbocycles. The maximum absolute atomic E-state index is 12.9. The van der Waals surface area contributed by atoms with Crippen molar-refractivity contribution in [2.45, 2.75) is 25.8 Å². The first-order chi connectivity index (χ1) is 15.4. The van der Waals surface area contributed by atoms with Crippen LogP contribution in [0.15, 0.2) is 29.2 Å². The van der Waals surface area contributed by atoms with Crippen molar-refractivity contribution in [2.24, 2.45) is 13.0 Å². The molecule has 5 heterocycles. The van der Waals surface area contributed by atoms with Crippen LogP contribution in [-0.4, -0.2) is 40.2 Å². The number of fused-ring (bicyclic) bond motifs is 2. The van der Waals surface area contributed by atoms with E-state index in [0.717, 1.165) is 48.9 Å². The quantitative estimate of drug-likeness (QED) is 0.536. The van der Waals surface area contributed by atoms with Crippen molar-refractivity contribution < 1.29 is 11.6 Å². The topological polar surface area (TPSA) is 78.0 Å². The molecule has 3 aromatic rings. The highest BCUT2D eigenvalue weighted by Crippen LogP contribution is 2.39. The Kier molecular flexibility index (Phi) is 5.23. The molecule has 0 spiro atoms. The van der Waals surface area contributed by atoms with E-state index in [0.29, 0.717) is 33.8 Å². The number of hydrogen-bond donors (Lipinski definition) is 0. The summed E-state index contributed by atoms with van der Waals surface area (Å²) in [7, 11) is 1.66. The smallest absolute Gasteiger partial charge is 0.270 e. The summed E-state index contributed by atoms with van der Waals surface area (Å²) in [5, 5.41) is 10.9. The van der Waals surface area contributed by atoms with Gasteiger partial charge in [-0.3, -0.25) is 4.79 Å². The highest BCUT2D eigenvalue weighted by molar-refractivity contribution is 6.29. The lowest BCUT2D eigenvalue weighted by Crippen LogP contribution is -2.47. The lowest BCUT2D eigenvalue weighted by molar-refractivity contribution is -0.289. The summed E-state index contributed by atoms with van der Waals surface area (Å²) in [4.78, 5) is 26.6. The van der Waals surface area contributed by atoms with Gasteiger partial charge in [-0.1, -0.05) is 11.6 Å². The van der Waals surface area contributed by atoms with Gasteiger partial charge >= 0.3 is 0 Å². The standard InChI is InChI=1S/C23H23Cl2N6O/c1-13-9-15(24)11-27-22(13)31-8-5-14-12-30(7-6-17(14)31)21-16(10-26)23(32)29(2)18-3-4-19(25)28-20(18)21/h3-4,9,11,14,17,24H,5-8,12H2,1-2H3/q+1/t14-,17+/m1/s1. The fourth-order valence-corrected chi connectivity index (χ4v) is 5.65. The Bertz CT molecular complexity index is 1330. The third kappa shape index (κ3) is 3.30. The molecule has 2 saturated heterocycles. The molecule has 2 fully saturated rings. The predicted molar refractivity (Wildman–Crippen MR) is 122 cm³/mol. The van der Waals surface area contributed by atoms with Gasteiger partial charge in [0.2, 0.25) is 5.02 Å². The normalized spacial score (nSPS) is 20.5. The van der Waals surface area contributed by atoms with Crippen LogP contribution in [0.5, 0.6) is 0 Å². The van der Waals surface area contributed by atoms with Crippen LogP contribution in [0.4, 0.5) is 11.5 Å². The van der Waals surface area contributed by atoms with E-state index in [9.17, 15) is 10.1 Å². The van der Waals surface area contributed by atoms with Crippen LogP contribution in [-0.2, 0) is 7.05 Å². The molecular formula is C23H23Cl2N6O+. The minimum atomic E-state index is -0.307. The lowest BCUT2D eigenvalue weighted by atomic mass is 9.92. The second-order valence-corrected chi connectivity index (χ2v) is 9.42. The molecule has 9 heteroatoms. The molecule has 0 unspecified atom stereocenters. The molecule has 2 atom stereocenters. The summed E-state index contributed by atoms with van der Waals surface area (Å²) in [6.07, 6.45) is 3.68. The summed E-state index contributed by atoms with van der Waals surface area (Å²) < 4.78 is 1.47. The van der Waals surface area contributed by atoms with Crippen LogP contribution in [0.3, 0.4) is 0 Å². The van der Waals surface area contributed by atoms with E-state index >= 15 is 0 Å². The number of nitrogens with zero attached hydrogens (tertiary/aromatic N) is 6. The third-order valence-corrected chi connectivity index (χ3v) is 7.18. The van der Waals surface area contributed by atoms with E-state index in [2.05, 4.69) is 32.8 Å². The molecule has 164 valence electrons. The Hall–Kier alpha value is -2.82. The molecule has 0 radical (unpaired) electrons. The molecule has 0 aromatic carbocycles. The minimum Gasteiger partial charge on any atom is -0.368 e. The summed E-state index contributed by atoms with van der Waals surface area (Å²) in [6, 6.07) is 7.96. The predicted octanol–water partition coefficient (Wildman–Crippen LogP) is 2.96. The van der Waals surface area contributed by atoms with Gasteiger partial charge in [-0.25, -0.2) is 9.97 Å².